The fraction of sp³-hybridized carbons (Fsp3) is 0.636. The number of carbonyl (C=O) groups is 1. The molecule has 0 saturated carbocycles. The third kappa shape index (κ3) is 2.69. The van der Waals surface area contributed by atoms with Crippen molar-refractivity contribution in [3.05, 3.63) is 18.2 Å². The Bertz CT molecular complexity index is 304. The van der Waals surface area contributed by atoms with E-state index in [0.717, 1.165) is 18.7 Å². The van der Waals surface area contributed by atoms with E-state index < -0.39 is 0 Å². The number of imidazole rings is 1. The smallest absolute Gasteiger partial charge is 0.135 e. The van der Waals surface area contributed by atoms with Gasteiger partial charge in [-0.25, -0.2) is 4.98 Å². The first-order chi connectivity index (χ1) is 6.65. The topological polar surface area (TPSA) is 34.9 Å². The Morgan fingerprint density at radius 1 is 1.64 bits per heavy atom. The van der Waals surface area contributed by atoms with E-state index in [4.69, 9.17) is 0 Å². The molecule has 1 rings (SSSR count). The molecule has 78 valence electrons. The maximum atomic E-state index is 11.3. The molecule has 0 saturated heterocycles. The average molecular weight is 194 g/mol. The van der Waals surface area contributed by atoms with Crippen LogP contribution in [0.5, 0.6) is 0 Å². The summed E-state index contributed by atoms with van der Waals surface area (Å²) in [6.45, 7) is 3.91. The predicted octanol–water partition coefficient (Wildman–Crippen LogP) is 1.97. The molecule has 3 nitrogen and oxygen atoms in total. The minimum Gasteiger partial charge on any atom is -0.338 e. The first-order valence-electron chi connectivity index (χ1n) is 5.14. The molecule has 0 spiro atoms. The average Bonchev–Trinajstić information content (AvgIpc) is 2.59. The van der Waals surface area contributed by atoms with Crippen LogP contribution in [0.2, 0.25) is 0 Å². The number of aryl methyl sites for hydroxylation is 2. The molecule has 0 N–H and O–H groups in total. The third-order valence-corrected chi connectivity index (χ3v) is 2.62. The molecule has 1 aromatic rings. The fourth-order valence-electron chi connectivity index (χ4n) is 1.49. The quantitative estimate of drug-likeness (QED) is 0.718. The molecule has 0 aliphatic rings. The summed E-state index contributed by atoms with van der Waals surface area (Å²) in [6, 6.07) is 0. The van der Waals surface area contributed by atoms with Gasteiger partial charge in [0.2, 0.25) is 0 Å². The maximum Gasteiger partial charge on any atom is 0.135 e. The monoisotopic (exact) mass is 194 g/mol. The molecule has 0 fully saturated rings. The van der Waals surface area contributed by atoms with Crippen molar-refractivity contribution in [2.24, 2.45) is 13.0 Å². The number of rotatable bonds is 5. The predicted molar refractivity (Wildman–Crippen MR) is 56.0 cm³/mol. The zero-order valence-electron chi connectivity index (χ0n) is 9.16. The van der Waals surface area contributed by atoms with E-state index in [9.17, 15) is 4.79 Å². The normalized spacial score (nSPS) is 12.8. The fourth-order valence-corrected chi connectivity index (χ4v) is 1.49. The molecule has 0 amide bonds. The van der Waals surface area contributed by atoms with E-state index >= 15 is 0 Å². The number of carbonyl (C=O) groups excluding carboxylic acids is 1. The van der Waals surface area contributed by atoms with Crippen LogP contribution in [0.15, 0.2) is 12.4 Å². The van der Waals surface area contributed by atoms with Gasteiger partial charge in [0.25, 0.3) is 0 Å². The highest BCUT2D eigenvalue weighted by molar-refractivity contribution is 5.80. The number of Topliss-reactive ketones (excluding diaryl/α,β-unsaturated/α-hetero) is 1. The van der Waals surface area contributed by atoms with Crippen LogP contribution >= 0.6 is 0 Å². The lowest BCUT2D eigenvalue weighted by Crippen LogP contribution is -2.11. The van der Waals surface area contributed by atoms with E-state index in [1.54, 1.807) is 6.20 Å². The number of nitrogens with zero attached hydrogens (tertiary/aromatic N) is 2. The lowest BCUT2D eigenvalue weighted by molar-refractivity contribution is -0.122. The summed E-state index contributed by atoms with van der Waals surface area (Å²) in [5, 5.41) is 0. The van der Waals surface area contributed by atoms with Crippen molar-refractivity contribution in [2.45, 2.75) is 33.1 Å². The van der Waals surface area contributed by atoms with Crippen molar-refractivity contribution < 1.29 is 4.79 Å². The second-order valence-corrected chi connectivity index (χ2v) is 3.71. The van der Waals surface area contributed by atoms with Crippen LogP contribution in [-0.2, 0) is 18.3 Å². The molecule has 0 radical (unpaired) electrons. The van der Waals surface area contributed by atoms with Gasteiger partial charge in [-0.3, -0.25) is 4.79 Å². The van der Waals surface area contributed by atoms with Gasteiger partial charge in [-0.2, -0.15) is 0 Å². The molecule has 0 aromatic carbocycles. The van der Waals surface area contributed by atoms with Gasteiger partial charge in [0.1, 0.15) is 11.6 Å². The van der Waals surface area contributed by atoms with Gasteiger partial charge in [0.05, 0.1) is 0 Å². The van der Waals surface area contributed by atoms with Crippen molar-refractivity contribution in [2.75, 3.05) is 0 Å². The second kappa shape index (κ2) is 4.94. The second-order valence-electron chi connectivity index (χ2n) is 3.71. The van der Waals surface area contributed by atoms with Crippen LogP contribution in [0.1, 0.15) is 32.5 Å². The van der Waals surface area contributed by atoms with E-state index in [0.29, 0.717) is 12.2 Å². The number of hydrogen-bond acceptors (Lipinski definition) is 2. The van der Waals surface area contributed by atoms with Crippen molar-refractivity contribution >= 4 is 5.78 Å². The van der Waals surface area contributed by atoms with Crippen molar-refractivity contribution in [1.29, 1.82) is 0 Å². The Morgan fingerprint density at radius 2 is 2.36 bits per heavy atom. The minimum absolute atomic E-state index is 0.164. The molecule has 0 aliphatic carbocycles. The Kier molecular flexibility index (Phi) is 3.86. The van der Waals surface area contributed by atoms with Crippen LogP contribution in [0.3, 0.4) is 0 Å². The lowest BCUT2D eigenvalue weighted by atomic mass is 9.99. The summed E-state index contributed by atoms with van der Waals surface area (Å²) in [5.74, 6) is 1.57. The Morgan fingerprint density at radius 3 is 2.86 bits per heavy atom. The Hall–Kier alpha value is -1.12. The summed E-state index contributed by atoms with van der Waals surface area (Å²) in [4.78, 5) is 15.6. The van der Waals surface area contributed by atoms with Crippen LogP contribution in [0.25, 0.3) is 0 Å². The highest BCUT2D eigenvalue weighted by Gasteiger charge is 2.11. The molecule has 3 heteroatoms. The number of hydrogen-bond donors (Lipinski definition) is 0. The highest BCUT2D eigenvalue weighted by atomic mass is 16.1. The van der Waals surface area contributed by atoms with Crippen molar-refractivity contribution in [1.82, 2.24) is 9.55 Å². The minimum atomic E-state index is 0.164. The summed E-state index contributed by atoms with van der Waals surface area (Å²) in [7, 11) is 1.98. The first-order valence-corrected chi connectivity index (χ1v) is 5.14. The Labute approximate surface area is 85.2 Å². The molecule has 1 aromatic heterocycles. The highest BCUT2D eigenvalue weighted by Crippen LogP contribution is 2.10. The van der Waals surface area contributed by atoms with E-state index in [1.165, 1.54) is 0 Å². The molecule has 1 heterocycles. The standard InChI is InChI=1S/C11H18N2O/c1-4-10(14)9(2)5-6-11-12-7-8-13(11)3/h7-9H,4-6H2,1-3H3. The lowest BCUT2D eigenvalue weighted by Gasteiger charge is -2.08. The van der Waals surface area contributed by atoms with Gasteiger partial charge in [-0.05, 0) is 6.42 Å². The molecule has 0 aliphatic heterocycles. The summed E-state index contributed by atoms with van der Waals surface area (Å²) >= 11 is 0. The molecule has 14 heavy (non-hydrogen) atoms. The first kappa shape index (κ1) is 11.0. The SMILES string of the molecule is CCC(=O)C(C)CCc1nccn1C. The van der Waals surface area contributed by atoms with Gasteiger partial charge in [-0.15, -0.1) is 0 Å². The number of ketones is 1. The summed E-state index contributed by atoms with van der Waals surface area (Å²) in [5.41, 5.74) is 0. The van der Waals surface area contributed by atoms with E-state index in [1.807, 2.05) is 31.7 Å². The zero-order valence-corrected chi connectivity index (χ0v) is 9.16. The molecular weight excluding hydrogens is 176 g/mol. The van der Waals surface area contributed by atoms with Crippen LogP contribution in [0, 0.1) is 5.92 Å². The van der Waals surface area contributed by atoms with E-state index in [-0.39, 0.29) is 5.92 Å². The summed E-state index contributed by atoms with van der Waals surface area (Å²) < 4.78 is 2.00. The molecule has 1 atom stereocenters. The van der Waals surface area contributed by atoms with Gasteiger partial charge < -0.3 is 4.57 Å². The molecule has 1 unspecified atom stereocenters. The third-order valence-electron chi connectivity index (χ3n) is 2.62. The number of aromatic nitrogens is 2. The van der Waals surface area contributed by atoms with Gasteiger partial charge in [0.15, 0.2) is 0 Å². The van der Waals surface area contributed by atoms with Crippen LogP contribution in [-0.4, -0.2) is 15.3 Å². The zero-order chi connectivity index (χ0) is 10.6. The summed E-state index contributed by atoms with van der Waals surface area (Å²) in [6.07, 6.45) is 6.15. The molecular formula is C11H18N2O. The Balaban J connectivity index is 2.41. The van der Waals surface area contributed by atoms with Crippen molar-refractivity contribution in [3.8, 4) is 0 Å². The van der Waals surface area contributed by atoms with Gasteiger partial charge >= 0.3 is 0 Å². The van der Waals surface area contributed by atoms with Crippen LogP contribution in [0.4, 0.5) is 0 Å². The van der Waals surface area contributed by atoms with Gasteiger partial charge in [-0.1, -0.05) is 13.8 Å². The van der Waals surface area contributed by atoms with Crippen molar-refractivity contribution in [3.63, 3.8) is 0 Å². The molecule has 0 bridgehead atoms. The van der Waals surface area contributed by atoms with Gasteiger partial charge in [0, 0.05) is 38.2 Å². The maximum absolute atomic E-state index is 11.3. The van der Waals surface area contributed by atoms with Crippen LogP contribution < -0.4 is 0 Å². The van der Waals surface area contributed by atoms with E-state index in [2.05, 4.69) is 4.98 Å². The largest absolute Gasteiger partial charge is 0.338 e.